The van der Waals surface area contributed by atoms with E-state index >= 15 is 0 Å². The van der Waals surface area contributed by atoms with Gasteiger partial charge in [-0.15, -0.1) is 0 Å². The highest BCUT2D eigenvalue weighted by molar-refractivity contribution is 6.06. The van der Waals surface area contributed by atoms with Gasteiger partial charge in [0.1, 0.15) is 12.5 Å². The van der Waals surface area contributed by atoms with Crippen LogP contribution in [-0.2, 0) is 0 Å². The van der Waals surface area contributed by atoms with Crippen LogP contribution in [0.1, 0.15) is 40.1 Å². The van der Waals surface area contributed by atoms with Crippen molar-refractivity contribution >= 4 is 17.6 Å². The number of aryl methyl sites for hydroxylation is 1. The van der Waals surface area contributed by atoms with E-state index in [2.05, 4.69) is 0 Å². The van der Waals surface area contributed by atoms with Crippen LogP contribution < -0.4 is 14.4 Å². The van der Waals surface area contributed by atoms with E-state index in [9.17, 15) is 19.8 Å². The van der Waals surface area contributed by atoms with Crippen LogP contribution >= 0.6 is 0 Å². The number of hydrogen-bond acceptors (Lipinski definition) is 7. The van der Waals surface area contributed by atoms with Gasteiger partial charge in [0.15, 0.2) is 11.5 Å². The summed E-state index contributed by atoms with van der Waals surface area (Å²) in [5.74, 6) is -1.36. The largest absolute Gasteiger partial charge is 0.419 e. The molecule has 1 aliphatic heterocycles. The molecule has 0 aliphatic carbocycles. The van der Waals surface area contributed by atoms with Crippen LogP contribution in [0.15, 0.2) is 36.4 Å². The zero-order valence-corrected chi connectivity index (χ0v) is 14.6. The van der Waals surface area contributed by atoms with Gasteiger partial charge in [0.05, 0.1) is 16.8 Å². The van der Waals surface area contributed by atoms with Crippen molar-refractivity contribution in [1.82, 2.24) is 0 Å². The second-order valence-electron chi connectivity index (χ2n) is 6.06. The molecule has 1 heterocycles. The third kappa shape index (κ3) is 3.02. The number of benzene rings is 2. The first kappa shape index (κ1) is 17.9. The summed E-state index contributed by atoms with van der Waals surface area (Å²) < 4.78 is 11.0. The molecule has 2 N–H and O–H groups in total. The van der Waals surface area contributed by atoms with Crippen molar-refractivity contribution in [2.45, 2.75) is 33.2 Å². The molecule has 0 amide bonds. The summed E-state index contributed by atoms with van der Waals surface area (Å²) >= 11 is 0. The van der Waals surface area contributed by atoms with Crippen LogP contribution in [0.25, 0.3) is 0 Å². The summed E-state index contributed by atoms with van der Waals surface area (Å²) in [6.45, 7) is 4.63. The molecule has 136 valence electrons. The van der Waals surface area contributed by atoms with Crippen LogP contribution in [0.3, 0.4) is 0 Å². The molecular formula is C19H19NO6. The van der Waals surface area contributed by atoms with E-state index in [0.717, 1.165) is 0 Å². The van der Waals surface area contributed by atoms with Crippen LogP contribution in [0, 0.1) is 6.92 Å². The molecule has 7 heteroatoms. The molecule has 1 aliphatic rings. The van der Waals surface area contributed by atoms with Gasteiger partial charge in [-0.2, -0.15) is 0 Å². The first-order valence-corrected chi connectivity index (χ1v) is 8.12. The minimum absolute atomic E-state index is 0.0281. The number of rotatable bonds is 3. The monoisotopic (exact) mass is 357 g/mol. The molecule has 2 aromatic carbocycles. The van der Waals surface area contributed by atoms with Crippen LogP contribution in [-0.4, -0.2) is 34.6 Å². The Morgan fingerprint density at radius 3 is 1.85 bits per heavy atom. The molecule has 0 saturated heterocycles. The summed E-state index contributed by atoms with van der Waals surface area (Å²) in [5.41, 5.74) is 0.989. The minimum Gasteiger partial charge on any atom is -0.419 e. The molecule has 0 aromatic heterocycles. The van der Waals surface area contributed by atoms with E-state index in [0.29, 0.717) is 5.56 Å². The third-order valence-electron chi connectivity index (χ3n) is 4.13. The average molecular weight is 357 g/mol. The van der Waals surface area contributed by atoms with E-state index in [4.69, 9.17) is 9.47 Å². The molecule has 2 atom stereocenters. The molecule has 2 aromatic rings. The molecular weight excluding hydrogens is 338 g/mol. The van der Waals surface area contributed by atoms with Gasteiger partial charge in [-0.05, 0) is 44.5 Å². The maximum absolute atomic E-state index is 12.6. The summed E-state index contributed by atoms with van der Waals surface area (Å²) in [6, 6.07) is 9.44. The van der Waals surface area contributed by atoms with E-state index in [1.54, 1.807) is 31.2 Å². The normalized spacial score (nSPS) is 15.6. The zero-order valence-electron chi connectivity index (χ0n) is 14.6. The molecule has 26 heavy (non-hydrogen) atoms. The molecule has 0 fully saturated rings. The number of carbonyl (C=O) groups is 2. The van der Waals surface area contributed by atoms with E-state index in [1.807, 2.05) is 0 Å². The number of aliphatic hydroxyl groups excluding tert-OH is 2. The second kappa shape index (κ2) is 6.78. The highest BCUT2D eigenvalue weighted by atomic mass is 16.6. The maximum Gasteiger partial charge on any atom is 0.344 e. The number of carbonyl (C=O) groups excluding carboxylic acids is 2. The maximum atomic E-state index is 12.6. The smallest absolute Gasteiger partial charge is 0.344 e. The highest BCUT2D eigenvalue weighted by Crippen LogP contribution is 2.43. The second-order valence-corrected chi connectivity index (χ2v) is 6.06. The van der Waals surface area contributed by atoms with Crippen LogP contribution in [0.4, 0.5) is 5.69 Å². The fraction of sp³-hybridized carbons (Fsp3) is 0.263. The highest BCUT2D eigenvalue weighted by Gasteiger charge is 2.31. The molecule has 3 rings (SSSR count). The third-order valence-corrected chi connectivity index (χ3v) is 4.13. The fourth-order valence-corrected chi connectivity index (χ4v) is 2.93. The van der Waals surface area contributed by atoms with Crippen LogP contribution in [0.2, 0.25) is 0 Å². The topological polar surface area (TPSA) is 96.3 Å². The molecule has 0 saturated carbocycles. The van der Waals surface area contributed by atoms with Gasteiger partial charge in [-0.25, -0.2) is 9.59 Å². The van der Waals surface area contributed by atoms with Gasteiger partial charge < -0.3 is 24.6 Å². The van der Waals surface area contributed by atoms with E-state index in [1.165, 1.54) is 30.9 Å². The Hall–Kier alpha value is -2.90. The zero-order chi connectivity index (χ0) is 19.0. The number of nitrogens with zero attached hydrogens (tertiary/aromatic N) is 1. The first-order valence-electron chi connectivity index (χ1n) is 8.12. The van der Waals surface area contributed by atoms with Gasteiger partial charge in [0.25, 0.3) is 0 Å². The van der Waals surface area contributed by atoms with Gasteiger partial charge >= 0.3 is 11.9 Å². The molecule has 0 spiro atoms. The Kier molecular flexibility index (Phi) is 4.67. The van der Waals surface area contributed by atoms with Gasteiger partial charge in [0.2, 0.25) is 0 Å². The van der Waals surface area contributed by atoms with E-state index in [-0.39, 0.29) is 28.3 Å². The Balaban J connectivity index is 2.20. The quantitative estimate of drug-likeness (QED) is 0.494. The van der Waals surface area contributed by atoms with Crippen LogP contribution in [0.5, 0.6) is 11.5 Å². The SMILES string of the molecule is Cc1ccc(N(C(C)O)C(C)O)c2c1OC(=O)c1ccccc1C(=O)O2. The average Bonchev–Trinajstić information content (AvgIpc) is 2.58. The number of ether oxygens (including phenoxy) is 2. The van der Waals surface area contributed by atoms with Crippen molar-refractivity contribution in [2.75, 3.05) is 4.90 Å². The number of hydrogen-bond donors (Lipinski definition) is 2. The number of esters is 2. The van der Waals surface area contributed by atoms with Gasteiger partial charge in [-0.1, -0.05) is 18.2 Å². The van der Waals surface area contributed by atoms with Crippen molar-refractivity contribution in [3.05, 3.63) is 53.1 Å². The predicted molar refractivity (Wildman–Crippen MR) is 93.4 cm³/mol. The molecule has 0 bridgehead atoms. The minimum atomic E-state index is -1.08. The summed E-state index contributed by atoms with van der Waals surface area (Å²) in [7, 11) is 0. The summed E-state index contributed by atoms with van der Waals surface area (Å²) in [4.78, 5) is 26.4. The summed E-state index contributed by atoms with van der Waals surface area (Å²) in [5, 5.41) is 20.1. The molecule has 2 unspecified atom stereocenters. The number of fused-ring (bicyclic) bond motifs is 2. The first-order chi connectivity index (χ1) is 12.3. The van der Waals surface area contributed by atoms with E-state index < -0.39 is 24.4 Å². The Labute approximate surface area is 150 Å². The fourth-order valence-electron chi connectivity index (χ4n) is 2.93. The van der Waals surface area contributed by atoms with Gasteiger partial charge in [-0.3, -0.25) is 0 Å². The van der Waals surface area contributed by atoms with Crippen molar-refractivity contribution in [1.29, 1.82) is 0 Å². The Bertz CT molecular complexity index is 866. The van der Waals surface area contributed by atoms with Crippen molar-refractivity contribution in [3.63, 3.8) is 0 Å². The Morgan fingerprint density at radius 2 is 1.35 bits per heavy atom. The lowest BCUT2D eigenvalue weighted by molar-refractivity contribution is 0.0642. The van der Waals surface area contributed by atoms with Crippen molar-refractivity contribution in [2.24, 2.45) is 0 Å². The standard InChI is InChI=1S/C19H19NO6/c1-10-8-9-15(20(11(2)21)12(3)22)17-16(10)25-18(23)13-6-4-5-7-14(13)19(24)26-17/h4-9,11-12,21-22H,1-3H3. The number of aliphatic hydroxyl groups is 2. The number of anilines is 1. The van der Waals surface area contributed by atoms with Crippen molar-refractivity contribution < 1.29 is 29.3 Å². The predicted octanol–water partition coefficient (Wildman–Crippen LogP) is 2.23. The lowest BCUT2D eigenvalue weighted by atomic mass is 10.1. The van der Waals surface area contributed by atoms with Crippen molar-refractivity contribution in [3.8, 4) is 11.5 Å². The Morgan fingerprint density at radius 1 is 0.846 bits per heavy atom. The molecule has 0 radical (unpaired) electrons. The molecule has 7 nitrogen and oxygen atoms in total. The van der Waals surface area contributed by atoms with Gasteiger partial charge in [0, 0.05) is 0 Å². The summed E-state index contributed by atoms with van der Waals surface area (Å²) in [6.07, 6.45) is -2.15. The lowest BCUT2D eigenvalue weighted by Gasteiger charge is -2.32. The lowest BCUT2D eigenvalue weighted by Crippen LogP contribution is -2.40.